The van der Waals surface area contributed by atoms with Crippen molar-refractivity contribution in [2.45, 2.75) is 38.8 Å². The third kappa shape index (κ3) is 8.03. The summed E-state index contributed by atoms with van der Waals surface area (Å²) >= 11 is 0. The van der Waals surface area contributed by atoms with Crippen molar-refractivity contribution in [3.63, 3.8) is 0 Å². The number of nitrogens with two attached hydrogens (primary N) is 1. The number of hydrogen-bond donors (Lipinski definition) is 3. The first-order valence-electron chi connectivity index (χ1n) is 15.0. The molecule has 0 unspecified atom stereocenters. The highest BCUT2D eigenvalue weighted by Gasteiger charge is 2.21. The van der Waals surface area contributed by atoms with Crippen molar-refractivity contribution in [1.82, 2.24) is 9.80 Å². The molecule has 4 aromatic carbocycles. The summed E-state index contributed by atoms with van der Waals surface area (Å²) in [5.74, 6) is 0. The molecule has 224 valence electrons. The number of rotatable bonds is 5. The van der Waals surface area contributed by atoms with Crippen molar-refractivity contribution in [3.05, 3.63) is 130 Å². The summed E-state index contributed by atoms with van der Waals surface area (Å²) in [6.45, 7) is 3.45. The Morgan fingerprint density at radius 1 is 0.659 bits per heavy atom. The van der Waals surface area contributed by atoms with E-state index in [0.29, 0.717) is 26.1 Å². The van der Waals surface area contributed by atoms with Crippen LogP contribution in [0, 0.1) is 11.3 Å². The second-order valence-corrected chi connectivity index (χ2v) is 11.0. The first-order chi connectivity index (χ1) is 21.5. The van der Waals surface area contributed by atoms with Crippen LogP contribution >= 0.6 is 0 Å². The van der Waals surface area contributed by atoms with Crippen LogP contribution in [0.4, 0.5) is 21.0 Å². The Labute approximate surface area is 259 Å². The number of nitrogens with zero attached hydrogens (tertiary/aromatic N) is 3. The molecular formula is C36H38N6O2. The molecule has 6 rings (SSSR count). The molecule has 0 saturated carbocycles. The summed E-state index contributed by atoms with van der Waals surface area (Å²) in [6.07, 6.45) is 3.05. The summed E-state index contributed by atoms with van der Waals surface area (Å²) in [5.41, 5.74) is 14.4. The molecule has 4 N–H and O–H groups in total. The van der Waals surface area contributed by atoms with E-state index in [1.165, 1.54) is 27.8 Å². The van der Waals surface area contributed by atoms with Crippen molar-refractivity contribution in [1.29, 1.82) is 5.26 Å². The summed E-state index contributed by atoms with van der Waals surface area (Å²) in [6, 6.07) is 33.8. The van der Waals surface area contributed by atoms with Gasteiger partial charge in [-0.15, -0.1) is 0 Å². The monoisotopic (exact) mass is 586 g/mol. The lowest BCUT2D eigenvalue weighted by molar-refractivity contribution is 0.206. The third-order valence-electron chi connectivity index (χ3n) is 7.96. The van der Waals surface area contributed by atoms with Gasteiger partial charge in [-0.1, -0.05) is 72.8 Å². The highest BCUT2D eigenvalue weighted by Crippen LogP contribution is 2.21. The fraction of sp³-hybridized carbons (Fsp3) is 0.250. The zero-order valence-corrected chi connectivity index (χ0v) is 24.8. The Bertz CT molecular complexity index is 1610. The standard InChI is InChI=1S/C18H21N3O.C18H17N3O/c2*19-11-9-14-5-7-17(8-6-14)20-18(22)21-12-10-15-3-1-2-4-16(15)13-21/h1-8H,9-13,19H2,(H,20,22);1-8H,9-10,12-13H2,(H,20,22). The van der Waals surface area contributed by atoms with Gasteiger partial charge >= 0.3 is 12.1 Å². The minimum Gasteiger partial charge on any atom is -0.330 e. The van der Waals surface area contributed by atoms with Crippen molar-refractivity contribution in [3.8, 4) is 6.07 Å². The van der Waals surface area contributed by atoms with Crippen LogP contribution in [0.5, 0.6) is 0 Å². The van der Waals surface area contributed by atoms with Gasteiger partial charge in [-0.3, -0.25) is 0 Å². The predicted octanol–water partition coefficient (Wildman–Crippen LogP) is 6.12. The molecule has 0 aromatic heterocycles. The predicted molar refractivity (Wildman–Crippen MR) is 174 cm³/mol. The normalized spacial score (nSPS) is 13.4. The highest BCUT2D eigenvalue weighted by molar-refractivity contribution is 5.90. The van der Waals surface area contributed by atoms with Gasteiger partial charge in [-0.2, -0.15) is 5.26 Å². The minimum atomic E-state index is -0.0810. The Hall–Kier alpha value is -5.13. The van der Waals surface area contributed by atoms with Gasteiger partial charge in [0.25, 0.3) is 0 Å². The van der Waals surface area contributed by atoms with Crippen LogP contribution in [-0.2, 0) is 38.8 Å². The quantitative estimate of drug-likeness (QED) is 0.261. The maximum atomic E-state index is 12.4. The average Bonchev–Trinajstić information content (AvgIpc) is 3.06. The molecule has 8 heteroatoms. The number of amides is 4. The van der Waals surface area contributed by atoms with Gasteiger partial charge in [-0.05, 0) is 83.5 Å². The fourth-order valence-corrected chi connectivity index (χ4v) is 5.46. The molecule has 2 heterocycles. The highest BCUT2D eigenvalue weighted by atomic mass is 16.2. The van der Waals surface area contributed by atoms with E-state index in [1.54, 1.807) is 0 Å². The maximum absolute atomic E-state index is 12.4. The Balaban J connectivity index is 0.000000175. The van der Waals surface area contributed by atoms with Gasteiger partial charge in [0.1, 0.15) is 0 Å². The Morgan fingerprint density at radius 2 is 1.09 bits per heavy atom. The van der Waals surface area contributed by atoms with Crippen LogP contribution in [0.15, 0.2) is 97.1 Å². The van der Waals surface area contributed by atoms with Crippen LogP contribution in [0.3, 0.4) is 0 Å². The summed E-state index contributed by atoms with van der Waals surface area (Å²) in [7, 11) is 0. The van der Waals surface area contributed by atoms with Crippen LogP contribution in [0.25, 0.3) is 0 Å². The van der Waals surface area contributed by atoms with Crippen LogP contribution < -0.4 is 16.4 Å². The summed E-state index contributed by atoms with van der Waals surface area (Å²) < 4.78 is 0. The van der Waals surface area contributed by atoms with E-state index in [9.17, 15) is 9.59 Å². The first-order valence-corrected chi connectivity index (χ1v) is 15.0. The van der Waals surface area contributed by atoms with Gasteiger partial charge in [0.2, 0.25) is 0 Å². The number of benzene rings is 4. The molecule has 4 amide bonds. The Kier molecular flexibility index (Phi) is 10.2. The topological polar surface area (TPSA) is 114 Å². The van der Waals surface area contributed by atoms with Crippen LogP contribution in [0.1, 0.15) is 33.4 Å². The van der Waals surface area contributed by atoms with Crippen LogP contribution in [0.2, 0.25) is 0 Å². The summed E-state index contributed by atoms with van der Waals surface area (Å²) in [4.78, 5) is 28.4. The number of anilines is 2. The van der Waals surface area contributed by atoms with Crippen molar-refractivity contribution in [2.75, 3.05) is 30.3 Å². The number of hydrogen-bond acceptors (Lipinski definition) is 4. The van der Waals surface area contributed by atoms with E-state index in [4.69, 9.17) is 11.0 Å². The number of carbonyl (C=O) groups excluding carboxylic acids is 2. The summed E-state index contributed by atoms with van der Waals surface area (Å²) in [5, 5.41) is 14.5. The molecule has 44 heavy (non-hydrogen) atoms. The SMILES string of the molecule is N#CCc1ccc(NC(=O)N2CCc3ccccc3C2)cc1.NCCc1ccc(NC(=O)N2CCc3ccccc3C2)cc1. The van der Waals surface area contributed by atoms with Gasteiger partial charge < -0.3 is 26.2 Å². The largest absolute Gasteiger partial charge is 0.330 e. The molecule has 4 aromatic rings. The Morgan fingerprint density at radius 3 is 1.52 bits per heavy atom. The first kappa shape index (κ1) is 30.3. The van der Waals surface area contributed by atoms with E-state index >= 15 is 0 Å². The molecule has 0 radical (unpaired) electrons. The maximum Gasteiger partial charge on any atom is 0.322 e. The smallest absolute Gasteiger partial charge is 0.322 e. The van der Waals surface area contributed by atoms with E-state index in [1.807, 2.05) is 76.5 Å². The molecule has 0 atom stereocenters. The van der Waals surface area contributed by atoms with Crippen molar-refractivity contribution >= 4 is 23.4 Å². The molecular weight excluding hydrogens is 548 g/mol. The zero-order chi connectivity index (χ0) is 30.7. The van der Waals surface area contributed by atoms with Gasteiger partial charge in [-0.25, -0.2) is 9.59 Å². The molecule has 2 aliphatic rings. The van der Waals surface area contributed by atoms with Gasteiger partial charge in [0.15, 0.2) is 0 Å². The molecule has 0 spiro atoms. The minimum absolute atomic E-state index is 0.0407. The molecule has 0 saturated heterocycles. The number of urea groups is 2. The number of nitrogens with one attached hydrogen (secondary N) is 2. The second kappa shape index (κ2) is 14.9. The number of nitriles is 1. The average molecular weight is 587 g/mol. The lowest BCUT2D eigenvalue weighted by atomic mass is 10.0. The molecule has 8 nitrogen and oxygen atoms in total. The zero-order valence-electron chi connectivity index (χ0n) is 24.8. The van der Waals surface area contributed by atoms with E-state index in [0.717, 1.165) is 49.3 Å². The number of carbonyl (C=O) groups is 2. The van der Waals surface area contributed by atoms with E-state index in [-0.39, 0.29) is 12.1 Å². The second-order valence-electron chi connectivity index (χ2n) is 11.0. The van der Waals surface area contributed by atoms with Gasteiger partial charge in [0.05, 0.1) is 12.5 Å². The van der Waals surface area contributed by atoms with E-state index < -0.39 is 0 Å². The molecule has 0 fully saturated rings. The van der Waals surface area contributed by atoms with E-state index in [2.05, 4.69) is 47.0 Å². The fourth-order valence-electron chi connectivity index (χ4n) is 5.46. The lowest BCUT2D eigenvalue weighted by Crippen LogP contribution is -2.38. The van der Waals surface area contributed by atoms with Crippen molar-refractivity contribution < 1.29 is 9.59 Å². The molecule has 2 aliphatic heterocycles. The van der Waals surface area contributed by atoms with Gasteiger partial charge in [0, 0.05) is 37.6 Å². The molecule has 0 bridgehead atoms. The lowest BCUT2D eigenvalue weighted by Gasteiger charge is -2.29. The van der Waals surface area contributed by atoms with Crippen molar-refractivity contribution in [2.24, 2.45) is 5.73 Å². The van der Waals surface area contributed by atoms with Crippen LogP contribution in [-0.4, -0.2) is 41.5 Å². The number of fused-ring (bicyclic) bond motifs is 2. The molecule has 0 aliphatic carbocycles. The third-order valence-corrected chi connectivity index (χ3v) is 7.96.